The number of hydrogen-bond donors (Lipinski definition) is 0. The summed E-state index contributed by atoms with van der Waals surface area (Å²) in [6.45, 7) is 0.509. The molecule has 1 heterocycles. The lowest BCUT2D eigenvalue weighted by Crippen LogP contribution is -2.30. The quantitative estimate of drug-likeness (QED) is 0.848. The minimum atomic E-state index is -0.0937. The number of ether oxygens (including phenoxy) is 1. The van der Waals surface area contributed by atoms with Crippen molar-refractivity contribution in [2.24, 2.45) is 7.05 Å². The number of carbonyl (C=O) groups excluding carboxylic acids is 1. The molecule has 0 aliphatic carbocycles. The maximum Gasteiger partial charge on any atom is 0.260 e. The summed E-state index contributed by atoms with van der Waals surface area (Å²) in [6.07, 6.45) is 3.62. The van der Waals surface area contributed by atoms with Crippen molar-refractivity contribution in [3.63, 3.8) is 0 Å². The van der Waals surface area contributed by atoms with Crippen LogP contribution in [0.2, 0.25) is 5.02 Å². The third-order valence-electron chi connectivity index (χ3n) is 2.78. The van der Waals surface area contributed by atoms with E-state index >= 15 is 0 Å². The molecule has 0 aliphatic heterocycles. The molecule has 5 nitrogen and oxygen atoms in total. The Kier molecular flexibility index (Phi) is 4.63. The summed E-state index contributed by atoms with van der Waals surface area (Å²) < 4.78 is 7.12. The van der Waals surface area contributed by atoms with Crippen LogP contribution in [0.15, 0.2) is 36.7 Å². The van der Waals surface area contributed by atoms with Crippen LogP contribution in [0.25, 0.3) is 0 Å². The van der Waals surface area contributed by atoms with E-state index in [1.165, 1.54) is 0 Å². The van der Waals surface area contributed by atoms with Gasteiger partial charge in [0.2, 0.25) is 0 Å². The normalized spacial score (nSPS) is 10.3. The monoisotopic (exact) mass is 293 g/mol. The Balaban J connectivity index is 1.83. The summed E-state index contributed by atoms with van der Waals surface area (Å²) >= 11 is 5.78. The molecular weight excluding hydrogens is 278 g/mol. The van der Waals surface area contributed by atoms with Gasteiger partial charge in [-0.25, -0.2) is 0 Å². The number of aryl methyl sites for hydroxylation is 1. The molecule has 1 aromatic heterocycles. The summed E-state index contributed by atoms with van der Waals surface area (Å²) in [4.78, 5) is 13.5. The first-order valence-electron chi connectivity index (χ1n) is 6.14. The second kappa shape index (κ2) is 6.43. The van der Waals surface area contributed by atoms with Gasteiger partial charge in [0, 0.05) is 37.4 Å². The van der Waals surface area contributed by atoms with Crippen LogP contribution < -0.4 is 4.74 Å². The molecule has 2 rings (SSSR count). The lowest BCUT2D eigenvalue weighted by atomic mass is 10.3. The summed E-state index contributed by atoms with van der Waals surface area (Å²) in [5.41, 5.74) is 0.981. The van der Waals surface area contributed by atoms with Gasteiger partial charge in [0.15, 0.2) is 6.61 Å². The molecule has 0 spiro atoms. The molecule has 0 saturated heterocycles. The minimum Gasteiger partial charge on any atom is -0.484 e. The van der Waals surface area contributed by atoms with Crippen molar-refractivity contribution < 1.29 is 9.53 Å². The maximum absolute atomic E-state index is 11.9. The van der Waals surface area contributed by atoms with Crippen LogP contribution in [0.3, 0.4) is 0 Å². The highest BCUT2D eigenvalue weighted by Crippen LogP contribution is 2.15. The number of carbonyl (C=O) groups is 1. The fourth-order valence-corrected chi connectivity index (χ4v) is 1.83. The molecule has 0 unspecified atom stereocenters. The number of likely N-dealkylation sites (N-methyl/N-ethyl adjacent to an activating group) is 1. The van der Waals surface area contributed by atoms with E-state index in [2.05, 4.69) is 5.10 Å². The molecule has 106 valence electrons. The number of amides is 1. The molecule has 2 aromatic rings. The van der Waals surface area contributed by atoms with Gasteiger partial charge >= 0.3 is 0 Å². The number of nitrogens with zero attached hydrogens (tertiary/aromatic N) is 3. The first kappa shape index (κ1) is 14.4. The average molecular weight is 294 g/mol. The van der Waals surface area contributed by atoms with E-state index in [-0.39, 0.29) is 12.5 Å². The Morgan fingerprint density at radius 1 is 1.40 bits per heavy atom. The maximum atomic E-state index is 11.9. The van der Waals surface area contributed by atoms with E-state index in [0.29, 0.717) is 17.3 Å². The molecule has 0 fully saturated rings. The number of halogens is 1. The van der Waals surface area contributed by atoms with Crippen molar-refractivity contribution in [3.8, 4) is 5.75 Å². The van der Waals surface area contributed by atoms with Crippen LogP contribution in [0.5, 0.6) is 5.75 Å². The lowest BCUT2D eigenvalue weighted by molar-refractivity contribution is -0.132. The van der Waals surface area contributed by atoms with E-state index in [1.54, 1.807) is 47.1 Å². The van der Waals surface area contributed by atoms with Gasteiger partial charge in [0.05, 0.1) is 6.20 Å². The molecule has 0 radical (unpaired) electrons. The van der Waals surface area contributed by atoms with Crippen molar-refractivity contribution >= 4 is 17.5 Å². The van der Waals surface area contributed by atoms with E-state index in [9.17, 15) is 4.79 Å². The van der Waals surface area contributed by atoms with Gasteiger partial charge in [0.25, 0.3) is 5.91 Å². The number of hydrogen-bond acceptors (Lipinski definition) is 3. The van der Waals surface area contributed by atoms with Crippen molar-refractivity contribution in [3.05, 3.63) is 47.2 Å². The van der Waals surface area contributed by atoms with Gasteiger partial charge in [-0.15, -0.1) is 0 Å². The average Bonchev–Trinajstić information content (AvgIpc) is 2.83. The molecular formula is C14H16ClN3O2. The molecule has 20 heavy (non-hydrogen) atoms. The summed E-state index contributed by atoms with van der Waals surface area (Å²) in [7, 11) is 3.58. The highest BCUT2D eigenvalue weighted by molar-refractivity contribution is 6.30. The predicted octanol–water partition coefficient (Wildman–Crippen LogP) is 2.11. The minimum absolute atomic E-state index is 0.00159. The summed E-state index contributed by atoms with van der Waals surface area (Å²) in [5.74, 6) is 0.529. The fraction of sp³-hybridized carbons (Fsp3) is 0.286. The van der Waals surface area contributed by atoms with Crippen molar-refractivity contribution in [2.75, 3.05) is 13.7 Å². The zero-order valence-electron chi connectivity index (χ0n) is 11.4. The van der Waals surface area contributed by atoms with E-state index < -0.39 is 0 Å². The van der Waals surface area contributed by atoms with Gasteiger partial charge in [-0.1, -0.05) is 11.6 Å². The van der Waals surface area contributed by atoms with Crippen molar-refractivity contribution in [2.45, 2.75) is 6.54 Å². The van der Waals surface area contributed by atoms with Crippen LogP contribution >= 0.6 is 11.6 Å². The van der Waals surface area contributed by atoms with Crippen LogP contribution in [-0.4, -0.2) is 34.2 Å². The predicted molar refractivity (Wildman–Crippen MR) is 76.6 cm³/mol. The fourth-order valence-electron chi connectivity index (χ4n) is 1.70. The van der Waals surface area contributed by atoms with Crippen LogP contribution in [0, 0.1) is 0 Å². The second-order valence-electron chi connectivity index (χ2n) is 4.51. The molecule has 1 aromatic carbocycles. The molecule has 0 bridgehead atoms. The summed E-state index contributed by atoms with van der Waals surface area (Å²) in [5, 5.41) is 4.70. The van der Waals surface area contributed by atoms with Crippen LogP contribution in [0.1, 0.15) is 5.56 Å². The topological polar surface area (TPSA) is 47.4 Å². The van der Waals surface area contributed by atoms with Crippen molar-refractivity contribution in [1.29, 1.82) is 0 Å². The van der Waals surface area contributed by atoms with Gasteiger partial charge in [0.1, 0.15) is 5.75 Å². The zero-order chi connectivity index (χ0) is 14.5. The molecule has 0 atom stereocenters. The van der Waals surface area contributed by atoms with E-state index in [0.717, 1.165) is 5.56 Å². The Labute approximate surface area is 122 Å². The molecule has 0 N–H and O–H groups in total. The van der Waals surface area contributed by atoms with Gasteiger partial charge in [-0.05, 0) is 24.3 Å². The summed E-state index contributed by atoms with van der Waals surface area (Å²) in [6, 6.07) is 6.91. The van der Waals surface area contributed by atoms with E-state index in [4.69, 9.17) is 16.3 Å². The Morgan fingerprint density at radius 2 is 2.10 bits per heavy atom. The molecule has 0 aliphatic rings. The number of benzene rings is 1. The van der Waals surface area contributed by atoms with Gasteiger partial charge in [-0.2, -0.15) is 5.10 Å². The van der Waals surface area contributed by atoms with Crippen LogP contribution in [0.4, 0.5) is 0 Å². The molecule has 1 amide bonds. The third kappa shape index (κ3) is 3.99. The standard InChI is InChI=1S/C14H16ClN3O2/c1-17(8-11-7-16-18(2)9-11)14(19)10-20-13-5-3-12(15)4-6-13/h3-7,9H,8,10H2,1-2H3. The SMILES string of the molecule is CN(Cc1cnn(C)c1)C(=O)COc1ccc(Cl)cc1. The van der Waals surface area contributed by atoms with E-state index in [1.807, 2.05) is 13.2 Å². The lowest BCUT2D eigenvalue weighted by Gasteiger charge is -2.16. The second-order valence-corrected chi connectivity index (χ2v) is 4.95. The molecule has 0 saturated carbocycles. The molecule has 6 heteroatoms. The highest BCUT2D eigenvalue weighted by atomic mass is 35.5. The number of aromatic nitrogens is 2. The van der Waals surface area contributed by atoms with Crippen LogP contribution in [-0.2, 0) is 18.4 Å². The number of rotatable bonds is 5. The van der Waals surface area contributed by atoms with Gasteiger partial charge < -0.3 is 9.64 Å². The van der Waals surface area contributed by atoms with Gasteiger partial charge in [-0.3, -0.25) is 9.48 Å². The first-order valence-corrected chi connectivity index (χ1v) is 6.52. The third-order valence-corrected chi connectivity index (χ3v) is 3.03. The smallest absolute Gasteiger partial charge is 0.260 e. The first-order chi connectivity index (χ1) is 9.54. The Hall–Kier alpha value is -2.01. The largest absolute Gasteiger partial charge is 0.484 e. The Morgan fingerprint density at radius 3 is 2.70 bits per heavy atom. The zero-order valence-corrected chi connectivity index (χ0v) is 12.2. The van der Waals surface area contributed by atoms with Crippen molar-refractivity contribution in [1.82, 2.24) is 14.7 Å². The highest BCUT2D eigenvalue weighted by Gasteiger charge is 2.11. The Bertz CT molecular complexity index is 580.